The standard InChI is InChI=1S/C14H16OS/c15-13(11-6-9-16-10-11)14(7-8-14)12-4-2-1-3-5-12/h1-5,11H,6-10H2. The zero-order valence-corrected chi connectivity index (χ0v) is 10.1. The maximum absolute atomic E-state index is 12.5. The third-order valence-corrected chi connectivity index (χ3v) is 5.01. The molecule has 1 saturated carbocycles. The first kappa shape index (κ1) is 10.4. The molecule has 1 atom stereocenters. The van der Waals surface area contributed by atoms with E-state index in [2.05, 4.69) is 12.1 Å². The highest BCUT2D eigenvalue weighted by atomic mass is 32.2. The summed E-state index contributed by atoms with van der Waals surface area (Å²) in [7, 11) is 0. The van der Waals surface area contributed by atoms with Gasteiger partial charge < -0.3 is 0 Å². The van der Waals surface area contributed by atoms with Crippen molar-refractivity contribution in [2.24, 2.45) is 5.92 Å². The predicted octanol–water partition coefficient (Wildman–Crippen LogP) is 3.04. The van der Waals surface area contributed by atoms with Gasteiger partial charge in [-0.25, -0.2) is 0 Å². The molecule has 0 radical (unpaired) electrons. The topological polar surface area (TPSA) is 17.1 Å². The van der Waals surface area contributed by atoms with E-state index in [1.54, 1.807) is 0 Å². The number of Topliss-reactive ketones (excluding diaryl/α,β-unsaturated/α-hetero) is 1. The summed E-state index contributed by atoms with van der Waals surface area (Å²) in [5.74, 6) is 3.06. The minimum absolute atomic E-state index is 0.0865. The Hall–Kier alpha value is -0.760. The van der Waals surface area contributed by atoms with Gasteiger partial charge in [0.15, 0.2) is 0 Å². The van der Waals surface area contributed by atoms with Gasteiger partial charge in [-0.05, 0) is 30.6 Å². The first-order chi connectivity index (χ1) is 7.83. The van der Waals surface area contributed by atoms with E-state index in [1.165, 1.54) is 11.3 Å². The van der Waals surface area contributed by atoms with Crippen LogP contribution in [0.2, 0.25) is 0 Å². The molecule has 1 unspecified atom stereocenters. The average molecular weight is 232 g/mol. The Morgan fingerprint density at radius 3 is 2.56 bits per heavy atom. The molecule has 2 heteroatoms. The van der Waals surface area contributed by atoms with Gasteiger partial charge in [-0.15, -0.1) is 0 Å². The molecule has 1 aromatic carbocycles. The van der Waals surface area contributed by atoms with Crippen LogP contribution in [-0.4, -0.2) is 17.3 Å². The van der Waals surface area contributed by atoms with Gasteiger partial charge in [0.1, 0.15) is 5.78 Å². The van der Waals surface area contributed by atoms with Gasteiger partial charge in [-0.2, -0.15) is 11.8 Å². The first-order valence-electron chi connectivity index (χ1n) is 6.00. The minimum atomic E-state index is -0.0865. The summed E-state index contributed by atoms with van der Waals surface area (Å²) >= 11 is 1.93. The molecule has 84 valence electrons. The number of hydrogen-bond acceptors (Lipinski definition) is 2. The average Bonchev–Trinajstić information content (AvgIpc) is 2.97. The number of ketones is 1. The Morgan fingerprint density at radius 1 is 1.25 bits per heavy atom. The van der Waals surface area contributed by atoms with Crippen molar-refractivity contribution >= 4 is 17.5 Å². The number of benzene rings is 1. The van der Waals surface area contributed by atoms with E-state index in [0.29, 0.717) is 11.7 Å². The molecular weight excluding hydrogens is 216 g/mol. The van der Waals surface area contributed by atoms with E-state index in [4.69, 9.17) is 0 Å². The van der Waals surface area contributed by atoms with Crippen LogP contribution in [0.3, 0.4) is 0 Å². The van der Waals surface area contributed by atoms with Gasteiger partial charge in [0.05, 0.1) is 5.41 Å². The largest absolute Gasteiger partial charge is 0.298 e. The highest BCUT2D eigenvalue weighted by Gasteiger charge is 2.52. The van der Waals surface area contributed by atoms with Crippen molar-refractivity contribution in [1.82, 2.24) is 0 Å². The maximum Gasteiger partial charge on any atom is 0.147 e. The first-order valence-corrected chi connectivity index (χ1v) is 7.16. The second kappa shape index (κ2) is 3.92. The van der Waals surface area contributed by atoms with E-state index in [-0.39, 0.29) is 5.41 Å². The van der Waals surface area contributed by atoms with Crippen LogP contribution in [0.1, 0.15) is 24.8 Å². The fourth-order valence-corrected chi connectivity index (χ4v) is 3.91. The van der Waals surface area contributed by atoms with Crippen molar-refractivity contribution in [2.45, 2.75) is 24.7 Å². The molecule has 0 spiro atoms. The molecular formula is C14H16OS. The van der Waals surface area contributed by atoms with Gasteiger partial charge in [0.25, 0.3) is 0 Å². The van der Waals surface area contributed by atoms with Gasteiger partial charge in [-0.1, -0.05) is 30.3 Å². The van der Waals surface area contributed by atoms with E-state index in [0.717, 1.165) is 25.0 Å². The molecule has 3 rings (SSSR count). The molecule has 1 nitrogen and oxygen atoms in total. The van der Waals surface area contributed by atoms with E-state index in [1.807, 2.05) is 30.0 Å². The van der Waals surface area contributed by atoms with Crippen LogP contribution >= 0.6 is 11.8 Å². The second-order valence-electron chi connectivity index (χ2n) is 4.87. The number of carbonyl (C=O) groups is 1. The lowest BCUT2D eigenvalue weighted by Crippen LogP contribution is -2.28. The van der Waals surface area contributed by atoms with Crippen LogP contribution in [0.25, 0.3) is 0 Å². The summed E-state index contributed by atoms with van der Waals surface area (Å²) in [4.78, 5) is 12.5. The van der Waals surface area contributed by atoms with Crippen molar-refractivity contribution in [3.05, 3.63) is 35.9 Å². The van der Waals surface area contributed by atoms with Crippen LogP contribution < -0.4 is 0 Å². The molecule has 0 N–H and O–H groups in total. The minimum Gasteiger partial charge on any atom is -0.298 e. The summed E-state index contributed by atoms with van der Waals surface area (Å²) in [5, 5.41) is 0. The Balaban J connectivity index is 1.86. The van der Waals surface area contributed by atoms with Crippen molar-refractivity contribution in [2.75, 3.05) is 11.5 Å². The molecule has 1 saturated heterocycles. The summed E-state index contributed by atoms with van der Waals surface area (Å²) < 4.78 is 0. The second-order valence-corrected chi connectivity index (χ2v) is 6.02. The lowest BCUT2D eigenvalue weighted by Gasteiger charge is -2.18. The highest BCUT2D eigenvalue weighted by Crippen LogP contribution is 2.51. The molecule has 1 aliphatic carbocycles. The van der Waals surface area contributed by atoms with Crippen LogP contribution in [0.4, 0.5) is 0 Å². The maximum atomic E-state index is 12.5. The molecule has 16 heavy (non-hydrogen) atoms. The highest BCUT2D eigenvalue weighted by molar-refractivity contribution is 7.99. The van der Waals surface area contributed by atoms with Gasteiger partial charge >= 0.3 is 0 Å². The smallest absolute Gasteiger partial charge is 0.147 e. The lowest BCUT2D eigenvalue weighted by atomic mass is 9.84. The molecule has 2 aliphatic rings. The Kier molecular flexibility index (Phi) is 2.55. The van der Waals surface area contributed by atoms with Crippen molar-refractivity contribution < 1.29 is 4.79 Å². The summed E-state index contributed by atoms with van der Waals surface area (Å²) in [5.41, 5.74) is 1.16. The molecule has 0 bridgehead atoms. The predicted molar refractivity (Wildman–Crippen MR) is 67.8 cm³/mol. The van der Waals surface area contributed by atoms with Crippen LogP contribution in [0.5, 0.6) is 0 Å². The van der Waals surface area contributed by atoms with E-state index >= 15 is 0 Å². The van der Waals surface area contributed by atoms with Crippen molar-refractivity contribution in [1.29, 1.82) is 0 Å². The van der Waals surface area contributed by atoms with Gasteiger partial charge in [0.2, 0.25) is 0 Å². The number of hydrogen-bond donors (Lipinski definition) is 0. The Morgan fingerprint density at radius 2 is 2.00 bits per heavy atom. The third kappa shape index (κ3) is 1.60. The summed E-state index contributed by atoms with van der Waals surface area (Å²) in [6.45, 7) is 0. The normalized spacial score (nSPS) is 26.6. The number of rotatable bonds is 3. The van der Waals surface area contributed by atoms with E-state index in [9.17, 15) is 4.79 Å². The van der Waals surface area contributed by atoms with Crippen LogP contribution in [0.15, 0.2) is 30.3 Å². The molecule has 1 heterocycles. The molecule has 2 fully saturated rings. The monoisotopic (exact) mass is 232 g/mol. The Labute approximate surface area is 101 Å². The quantitative estimate of drug-likeness (QED) is 0.797. The fraction of sp³-hybridized carbons (Fsp3) is 0.500. The zero-order valence-electron chi connectivity index (χ0n) is 9.32. The zero-order chi connectivity index (χ0) is 11.0. The van der Waals surface area contributed by atoms with Gasteiger partial charge in [-0.3, -0.25) is 4.79 Å². The Bertz CT molecular complexity index is 388. The van der Waals surface area contributed by atoms with Gasteiger partial charge in [0, 0.05) is 11.7 Å². The van der Waals surface area contributed by atoms with Crippen LogP contribution in [0, 0.1) is 5.92 Å². The molecule has 1 aliphatic heterocycles. The molecule has 1 aromatic rings. The lowest BCUT2D eigenvalue weighted by molar-refractivity contribution is -0.124. The number of carbonyl (C=O) groups excluding carboxylic acids is 1. The van der Waals surface area contributed by atoms with Crippen molar-refractivity contribution in [3.8, 4) is 0 Å². The summed E-state index contributed by atoms with van der Waals surface area (Å²) in [6, 6.07) is 10.4. The summed E-state index contributed by atoms with van der Waals surface area (Å²) in [6.07, 6.45) is 3.23. The van der Waals surface area contributed by atoms with E-state index < -0.39 is 0 Å². The SMILES string of the molecule is O=C(C1CCSC1)C1(c2ccccc2)CC1. The molecule has 0 amide bonds. The fourth-order valence-electron chi connectivity index (χ4n) is 2.69. The third-order valence-electron chi connectivity index (χ3n) is 3.85. The van der Waals surface area contributed by atoms with Crippen LogP contribution in [-0.2, 0) is 10.2 Å². The molecule has 0 aromatic heterocycles. The van der Waals surface area contributed by atoms with Crippen molar-refractivity contribution in [3.63, 3.8) is 0 Å². The number of thioether (sulfide) groups is 1.